The Labute approximate surface area is 117 Å². The van der Waals surface area contributed by atoms with Gasteiger partial charge in [0.15, 0.2) is 0 Å². The Kier molecular flexibility index (Phi) is 4.54. The Bertz CT molecular complexity index is 479. The highest BCUT2D eigenvalue weighted by atomic mass is 16.7. The molecule has 0 spiro atoms. The van der Waals surface area contributed by atoms with Crippen LogP contribution in [0.25, 0.3) is 0 Å². The van der Waals surface area contributed by atoms with Crippen LogP contribution < -0.4 is 0 Å². The Morgan fingerprint density at radius 1 is 1.60 bits per heavy atom. The number of allylic oxidation sites excluding steroid dienone is 1. The minimum atomic E-state index is -1.67. The number of hydrogen-bond acceptors (Lipinski definition) is 5. The van der Waals surface area contributed by atoms with E-state index in [1.807, 2.05) is 20.8 Å². The summed E-state index contributed by atoms with van der Waals surface area (Å²) in [4.78, 5) is 21.5. The lowest BCUT2D eigenvalue weighted by atomic mass is 9.75. The summed E-state index contributed by atoms with van der Waals surface area (Å²) in [6.07, 6.45) is 1.72. The fourth-order valence-electron chi connectivity index (χ4n) is 2.02. The van der Waals surface area contributed by atoms with Gasteiger partial charge in [-0.2, -0.15) is 0 Å². The first-order valence-electron chi connectivity index (χ1n) is 6.22. The summed E-state index contributed by atoms with van der Waals surface area (Å²) in [5, 5.41) is 20.0. The number of rotatable bonds is 5. The van der Waals surface area contributed by atoms with E-state index in [-0.39, 0.29) is 12.2 Å². The fraction of sp³-hybridized carbons (Fsp3) is 0.615. The molecule has 0 fully saturated rings. The number of ether oxygens (including phenoxy) is 2. The standard InChI is InChI=1S/C13H19NO6/c1-5-12(2,3)9-8-13(19-4,14(17)18)7-6-10(9)20-11(15)16/h6-7H,5,8H2,1-4H3,(H,15,16). The fourth-order valence-corrected chi connectivity index (χ4v) is 2.02. The van der Waals surface area contributed by atoms with Gasteiger partial charge < -0.3 is 14.6 Å². The summed E-state index contributed by atoms with van der Waals surface area (Å²) in [6, 6.07) is 0. The average molecular weight is 285 g/mol. The van der Waals surface area contributed by atoms with E-state index in [1.54, 1.807) is 0 Å². The Morgan fingerprint density at radius 3 is 2.60 bits per heavy atom. The molecule has 1 rings (SSSR count). The Balaban J connectivity index is 3.30. The molecule has 0 aromatic heterocycles. The molecule has 0 aromatic carbocycles. The molecule has 1 N–H and O–H groups in total. The second-order valence-electron chi connectivity index (χ2n) is 5.26. The highest BCUT2D eigenvalue weighted by Crippen LogP contribution is 2.42. The van der Waals surface area contributed by atoms with Crippen LogP contribution in [0.1, 0.15) is 33.6 Å². The molecule has 1 aliphatic rings. The zero-order valence-corrected chi connectivity index (χ0v) is 12.0. The molecule has 1 aliphatic carbocycles. The summed E-state index contributed by atoms with van der Waals surface area (Å²) in [5.41, 5.74) is -1.55. The van der Waals surface area contributed by atoms with Gasteiger partial charge in [-0.3, -0.25) is 10.1 Å². The molecule has 0 aliphatic heterocycles. The van der Waals surface area contributed by atoms with E-state index in [1.165, 1.54) is 19.3 Å². The van der Waals surface area contributed by atoms with Crippen molar-refractivity contribution in [2.75, 3.05) is 7.11 Å². The minimum Gasteiger partial charge on any atom is -0.449 e. The molecule has 1 unspecified atom stereocenters. The van der Waals surface area contributed by atoms with Crippen LogP contribution in [0.15, 0.2) is 23.5 Å². The highest BCUT2D eigenvalue weighted by molar-refractivity contribution is 5.60. The maximum absolute atomic E-state index is 11.2. The third-order valence-electron chi connectivity index (χ3n) is 3.78. The summed E-state index contributed by atoms with van der Waals surface area (Å²) in [6.45, 7) is 5.69. The van der Waals surface area contributed by atoms with Crippen LogP contribution in [0.2, 0.25) is 0 Å². The molecule has 112 valence electrons. The summed E-state index contributed by atoms with van der Waals surface area (Å²) < 4.78 is 9.78. The van der Waals surface area contributed by atoms with Crippen LogP contribution >= 0.6 is 0 Å². The maximum Gasteiger partial charge on any atom is 0.511 e. The van der Waals surface area contributed by atoms with Crippen molar-refractivity contribution in [3.8, 4) is 0 Å². The average Bonchev–Trinajstić information content (AvgIpc) is 2.38. The normalized spacial score (nSPS) is 22.8. The second kappa shape index (κ2) is 5.62. The molecule has 0 radical (unpaired) electrons. The monoisotopic (exact) mass is 285 g/mol. The Hall–Kier alpha value is -1.89. The van der Waals surface area contributed by atoms with Crippen molar-refractivity contribution in [3.63, 3.8) is 0 Å². The number of carboxylic acid groups (broad SMARTS) is 1. The minimum absolute atomic E-state index is 0.0452. The van der Waals surface area contributed by atoms with Gasteiger partial charge in [0.25, 0.3) is 0 Å². The van der Waals surface area contributed by atoms with Crippen molar-refractivity contribution in [3.05, 3.63) is 33.6 Å². The molecule has 20 heavy (non-hydrogen) atoms. The maximum atomic E-state index is 11.2. The number of methoxy groups -OCH3 is 1. The van der Waals surface area contributed by atoms with Crippen LogP contribution in [0.4, 0.5) is 4.79 Å². The molecule has 0 aromatic rings. The van der Waals surface area contributed by atoms with Gasteiger partial charge in [-0.15, -0.1) is 0 Å². The molecule has 7 nitrogen and oxygen atoms in total. The van der Waals surface area contributed by atoms with E-state index in [0.29, 0.717) is 12.0 Å². The summed E-state index contributed by atoms with van der Waals surface area (Å²) >= 11 is 0. The smallest absolute Gasteiger partial charge is 0.449 e. The lowest BCUT2D eigenvalue weighted by Gasteiger charge is -2.33. The van der Waals surface area contributed by atoms with E-state index < -0.39 is 22.2 Å². The molecular formula is C13H19NO6. The molecule has 0 saturated heterocycles. The number of carbonyl (C=O) groups is 1. The third-order valence-corrected chi connectivity index (χ3v) is 3.78. The van der Waals surface area contributed by atoms with Crippen LogP contribution in [-0.2, 0) is 9.47 Å². The van der Waals surface area contributed by atoms with Gasteiger partial charge in [-0.25, -0.2) is 4.79 Å². The van der Waals surface area contributed by atoms with E-state index in [9.17, 15) is 14.9 Å². The van der Waals surface area contributed by atoms with E-state index in [4.69, 9.17) is 14.6 Å². The van der Waals surface area contributed by atoms with Gasteiger partial charge in [0, 0.05) is 13.2 Å². The number of hydrogen-bond donors (Lipinski definition) is 1. The van der Waals surface area contributed by atoms with E-state index in [2.05, 4.69) is 0 Å². The SMILES string of the molecule is CCC(C)(C)C1=C(OC(=O)O)C=CC(OC)([N+](=O)[O-])C1. The van der Waals surface area contributed by atoms with Crippen molar-refractivity contribution < 1.29 is 24.3 Å². The third kappa shape index (κ3) is 2.98. The van der Waals surface area contributed by atoms with Gasteiger partial charge in [-0.1, -0.05) is 20.8 Å². The molecule has 0 amide bonds. The van der Waals surface area contributed by atoms with Crippen molar-refractivity contribution >= 4 is 6.16 Å². The molecule has 0 heterocycles. The summed E-state index contributed by atoms with van der Waals surface area (Å²) in [7, 11) is 1.26. The van der Waals surface area contributed by atoms with Crippen molar-refractivity contribution in [2.24, 2.45) is 5.41 Å². The number of nitrogens with zero attached hydrogens (tertiary/aromatic N) is 1. The number of nitro groups is 1. The molecule has 0 bridgehead atoms. The van der Waals surface area contributed by atoms with Gasteiger partial charge in [0.05, 0.1) is 11.3 Å². The Morgan fingerprint density at radius 2 is 2.20 bits per heavy atom. The first-order chi connectivity index (χ1) is 9.18. The first kappa shape index (κ1) is 16.2. The van der Waals surface area contributed by atoms with Crippen LogP contribution in [0, 0.1) is 15.5 Å². The van der Waals surface area contributed by atoms with Gasteiger partial charge in [0.1, 0.15) is 5.76 Å². The van der Waals surface area contributed by atoms with Gasteiger partial charge >= 0.3 is 11.9 Å². The predicted molar refractivity (Wildman–Crippen MR) is 70.7 cm³/mol. The lowest BCUT2D eigenvalue weighted by molar-refractivity contribution is -0.610. The molecule has 1 atom stereocenters. The van der Waals surface area contributed by atoms with Crippen LogP contribution in [0.3, 0.4) is 0 Å². The highest BCUT2D eigenvalue weighted by Gasteiger charge is 2.47. The molecular weight excluding hydrogens is 266 g/mol. The summed E-state index contributed by atoms with van der Waals surface area (Å²) in [5.74, 6) is 0.138. The molecule has 0 saturated carbocycles. The quantitative estimate of drug-likeness (QED) is 0.361. The zero-order chi connectivity index (χ0) is 15.6. The van der Waals surface area contributed by atoms with Crippen molar-refractivity contribution in [1.29, 1.82) is 0 Å². The largest absolute Gasteiger partial charge is 0.511 e. The van der Waals surface area contributed by atoms with E-state index >= 15 is 0 Å². The van der Waals surface area contributed by atoms with Crippen molar-refractivity contribution in [2.45, 2.75) is 39.3 Å². The predicted octanol–water partition coefficient (Wildman–Crippen LogP) is 2.95. The molecule has 7 heteroatoms. The zero-order valence-electron chi connectivity index (χ0n) is 12.0. The lowest BCUT2D eigenvalue weighted by Crippen LogP contribution is -2.42. The van der Waals surface area contributed by atoms with Crippen LogP contribution in [-0.4, -0.2) is 29.0 Å². The van der Waals surface area contributed by atoms with Gasteiger partial charge in [0.2, 0.25) is 0 Å². The van der Waals surface area contributed by atoms with E-state index in [0.717, 1.165) is 0 Å². The van der Waals surface area contributed by atoms with Crippen molar-refractivity contribution in [1.82, 2.24) is 0 Å². The topological polar surface area (TPSA) is 98.9 Å². The van der Waals surface area contributed by atoms with Gasteiger partial charge in [-0.05, 0) is 23.5 Å². The van der Waals surface area contributed by atoms with Crippen LogP contribution in [0.5, 0.6) is 0 Å². The second-order valence-corrected chi connectivity index (χ2v) is 5.26. The first-order valence-corrected chi connectivity index (χ1v) is 6.22.